The number of hydrogen-bond acceptors (Lipinski definition) is 3. The molecule has 2 aromatic rings. The Bertz CT molecular complexity index is 657. The first kappa shape index (κ1) is 13.2. The van der Waals surface area contributed by atoms with Crippen molar-refractivity contribution in [3.8, 4) is 0 Å². The van der Waals surface area contributed by atoms with Crippen molar-refractivity contribution < 1.29 is 14.6 Å². The maximum absolute atomic E-state index is 12.0. The van der Waals surface area contributed by atoms with Gasteiger partial charge in [0.15, 0.2) is 0 Å². The minimum atomic E-state index is -0.315. The molecule has 3 rings (SSSR count). The van der Waals surface area contributed by atoms with Crippen molar-refractivity contribution in [1.29, 1.82) is 0 Å². The van der Waals surface area contributed by atoms with Gasteiger partial charge in [-0.15, -0.1) is 0 Å². The number of para-hydroxylation sites is 1. The van der Waals surface area contributed by atoms with Crippen LogP contribution in [0.4, 0.5) is 0 Å². The summed E-state index contributed by atoms with van der Waals surface area (Å²) >= 11 is 0. The number of esters is 1. The van der Waals surface area contributed by atoms with E-state index in [0.29, 0.717) is 12.1 Å². The van der Waals surface area contributed by atoms with Gasteiger partial charge in [0.25, 0.3) is 0 Å². The molecule has 20 heavy (non-hydrogen) atoms. The van der Waals surface area contributed by atoms with E-state index < -0.39 is 0 Å². The number of aliphatic hydroxyl groups is 1. The number of rotatable bonds is 3. The topological polar surface area (TPSA) is 51.5 Å². The summed E-state index contributed by atoms with van der Waals surface area (Å²) in [6, 6.07) is 5.78. The number of hydrogen-bond donors (Lipinski definition) is 1. The van der Waals surface area contributed by atoms with Crippen molar-refractivity contribution >= 4 is 16.9 Å². The summed E-state index contributed by atoms with van der Waals surface area (Å²) in [4.78, 5) is 12.0. The summed E-state index contributed by atoms with van der Waals surface area (Å²) in [5.74, 6) is -0.315. The van der Waals surface area contributed by atoms with Crippen LogP contribution in [-0.4, -0.2) is 29.4 Å². The Kier molecular flexibility index (Phi) is 3.49. The van der Waals surface area contributed by atoms with Crippen molar-refractivity contribution in [1.82, 2.24) is 4.57 Å². The first-order chi connectivity index (χ1) is 9.77. The Morgan fingerprint density at radius 1 is 1.35 bits per heavy atom. The lowest BCUT2D eigenvalue weighted by atomic mass is 9.95. The van der Waals surface area contributed by atoms with E-state index in [1.807, 2.05) is 6.07 Å². The van der Waals surface area contributed by atoms with Gasteiger partial charge in [0.05, 0.1) is 24.8 Å². The fourth-order valence-electron chi connectivity index (χ4n) is 3.31. The zero-order valence-electron chi connectivity index (χ0n) is 11.7. The van der Waals surface area contributed by atoms with E-state index in [4.69, 9.17) is 4.74 Å². The molecule has 0 bridgehead atoms. The van der Waals surface area contributed by atoms with E-state index in [-0.39, 0.29) is 12.6 Å². The molecule has 0 unspecified atom stereocenters. The summed E-state index contributed by atoms with van der Waals surface area (Å²) in [6.07, 6.45) is 4.43. The molecular weight excluding hydrogens is 254 g/mol. The van der Waals surface area contributed by atoms with Crippen LogP contribution in [0.15, 0.2) is 18.2 Å². The zero-order valence-corrected chi connectivity index (χ0v) is 11.7. The van der Waals surface area contributed by atoms with Crippen LogP contribution in [0.1, 0.15) is 34.5 Å². The normalized spacial score (nSPS) is 14.3. The van der Waals surface area contributed by atoms with Crippen LogP contribution >= 0.6 is 0 Å². The number of aryl methyl sites for hydroxylation is 1. The molecule has 0 radical (unpaired) electrons. The zero-order chi connectivity index (χ0) is 14.1. The standard InChI is InChI=1S/C16H19NO3/c1-20-16(19)13-7-4-6-12-11-5-2-3-8-14(11)17(9-10-18)15(12)13/h4,6-7,18H,2-3,5,8-10H2,1H3. The molecule has 4 heteroatoms. The maximum atomic E-state index is 12.0. The van der Waals surface area contributed by atoms with Crippen LogP contribution in [0, 0.1) is 0 Å². The van der Waals surface area contributed by atoms with Crippen molar-refractivity contribution in [3.63, 3.8) is 0 Å². The van der Waals surface area contributed by atoms with Gasteiger partial charge in [-0.2, -0.15) is 0 Å². The summed E-state index contributed by atoms with van der Waals surface area (Å²) in [7, 11) is 1.40. The minimum absolute atomic E-state index is 0.0751. The van der Waals surface area contributed by atoms with Gasteiger partial charge in [-0.05, 0) is 37.3 Å². The number of benzene rings is 1. The molecule has 1 N–H and O–H groups in total. The summed E-state index contributed by atoms with van der Waals surface area (Å²) in [5.41, 5.74) is 4.12. The first-order valence-corrected chi connectivity index (χ1v) is 7.10. The number of fused-ring (bicyclic) bond motifs is 3. The molecule has 0 spiro atoms. The lowest BCUT2D eigenvalue weighted by molar-refractivity contribution is 0.0602. The molecule has 0 saturated carbocycles. The quantitative estimate of drug-likeness (QED) is 0.873. The number of nitrogens with zero attached hydrogens (tertiary/aromatic N) is 1. The van der Waals surface area contributed by atoms with Crippen LogP contribution in [0.2, 0.25) is 0 Å². The first-order valence-electron chi connectivity index (χ1n) is 7.10. The number of carbonyl (C=O) groups excluding carboxylic acids is 1. The summed E-state index contributed by atoms with van der Waals surface area (Å²) in [5, 5.41) is 10.5. The predicted octanol–water partition coefficient (Wildman–Crippen LogP) is 2.30. The van der Waals surface area contributed by atoms with Crippen LogP contribution in [0.3, 0.4) is 0 Å². The smallest absolute Gasteiger partial charge is 0.340 e. The SMILES string of the molecule is COC(=O)c1cccc2c3c(n(CCO)c12)CCCC3. The van der Waals surface area contributed by atoms with E-state index >= 15 is 0 Å². The van der Waals surface area contributed by atoms with Gasteiger partial charge in [0.1, 0.15) is 0 Å². The third kappa shape index (κ3) is 1.91. The molecule has 106 valence electrons. The van der Waals surface area contributed by atoms with Crippen LogP contribution < -0.4 is 0 Å². The molecule has 0 fully saturated rings. The molecule has 1 aliphatic carbocycles. The van der Waals surface area contributed by atoms with E-state index in [1.54, 1.807) is 6.07 Å². The van der Waals surface area contributed by atoms with Crippen molar-refractivity contribution in [2.24, 2.45) is 0 Å². The van der Waals surface area contributed by atoms with Gasteiger partial charge in [0.2, 0.25) is 0 Å². The van der Waals surface area contributed by atoms with E-state index in [1.165, 1.54) is 31.2 Å². The molecule has 0 atom stereocenters. The monoisotopic (exact) mass is 273 g/mol. The fraction of sp³-hybridized carbons (Fsp3) is 0.438. The van der Waals surface area contributed by atoms with Gasteiger partial charge >= 0.3 is 5.97 Å². The third-order valence-electron chi connectivity index (χ3n) is 4.12. The van der Waals surface area contributed by atoms with Crippen LogP contribution in [-0.2, 0) is 24.1 Å². The lowest BCUT2D eigenvalue weighted by Gasteiger charge is -2.15. The Morgan fingerprint density at radius 2 is 2.15 bits per heavy atom. The van der Waals surface area contributed by atoms with E-state index in [0.717, 1.165) is 23.7 Å². The number of carbonyl (C=O) groups is 1. The van der Waals surface area contributed by atoms with Crippen LogP contribution in [0.5, 0.6) is 0 Å². The number of aromatic nitrogens is 1. The molecule has 1 aromatic heterocycles. The molecule has 1 heterocycles. The Morgan fingerprint density at radius 3 is 2.90 bits per heavy atom. The number of methoxy groups -OCH3 is 1. The van der Waals surface area contributed by atoms with Crippen molar-refractivity contribution in [2.45, 2.75) is 32.2 Å². The largest absolute Gasteiger partial charge is 0.465 e. The Hall–Kier alpha value is -1.81. The average Bonchev–Trinajstić information content (AvgIpc) is 2.82. The lowest BCUT2D eigenvalue weighted by Crippen LogP contribution is -2.12. The fourth-order valence-corrected chi connectivity index (χ4v) is 3.31. The van der Waals surface area contributed by atoms with E-state index in [2.05, 4.69) is 10.6 Å². The maximum Gasteiger partial charge on any atom is 0.340 e. The number of ether oxygens (including phenoxy) is 1. The van der Waals surface area contributed by atoms with Gasteiger partial charge in [0, 0.05) is 17.6 Å². The summed E-state index contributed by atoms with van der Waals surface area (Å²) < 4.78 is 7.00. The van der Waals surface area contributed by atoms with E-state index in [9.17, 15) is 9.90 Å². The highest BCUT2D eigenvalue weighted by atomic mass is 16.5. The predicted molar refractivity (Wildman–Crippen MR) is 77.0 cm³/mol. The second-order valence-electron chi connectivity index (χ2n) is 5.20. The highest BCUT2D eigenvalue weighted by Crippen LogP contribution is 2.34. The molecule has 1 aromatic carbocycles. The van der Waals surface area contributed by atoms with Gasteiger partial charge in [-0.1, -0.05) is 12.1 Å². The van der Waals surface area contributed by atoms with Crippen molar-refractivity contribution in [3.05, 3.63) is 35.0 Å². The second kappa shape index (κ2) is 5.29. The number of aliphatic hydroxyl groups excluding tert-OH is 1. The second-order valence-corrected chi connectivity index (χ2v) is 5.20. The molecular formula is C16H19NO3. The van der Waals surface area contributed by atoms with Crippen molar-refractivity contribution in [2.75, 3.05) is 13.7 Å². The third-order valence-corrected chi connectivity index (χ3v) is 4.12. The van der Waals surface area contributed by atoms with Crippen LogP contribution in [0.25, 0.3) is 10.9 Å². The molecule has 0 saturated heterocycles. The Labute approximate surface area is 118 Å². The summed E-state index contributed by atoms with van der Waals surface area (Å²) in [6.45, 7) is 0.603. The highest BCUT2D eigenvalue weighted by molar-refractivity contribution is 6.04. The molecule has 1 aliphatic rings. The average molecular weight is 273 g/mol. The highest BCUT2D eigenvalue weighted by Gasteiger charge is 2.23. The van der Waals surface area contributed by atoms with Gasteiger partial charge < -0.3 is 14.4 Å². The van der Waals surface area contributed by atoms with Gasteiger partial charge in [-0.3, -0.25) is 0 Å². The molecule has 4 nitrogen and oxygen atoms in total. The minimum Gasteiger partial charge on any atom is -0.465 e. The van der Waals surface area contributed by atoms with Gasteiger partial charge in [-0.25, -0.2) is 4.79 Å². The molecule has 0 aliphatic heterocycles. The Balaban J connectivity index is 2.32. The molecule has 0 amide bonds.